The molecular formula is C7H14N2O2S. The van der Waals surface area contributed by atoms with Gasteiger partial charge in [0.2, 0.25) is 0 Å². The highest BCUT2D eigenvalue weighted by Gasteiger charge is 2.24. The standard InChI is InChI=1S/C7H14N2O2S/c1-12-7(10)11-6-2-3-9-4-5(6)8/h5-6,9H,2-4,8H2,1H3. The number of thioether (sulfide) groups is 1. The van der Waals surface area contributed by atoms with Crippen molar-refractivity contribution in [2.45, 2.75) is 18.6 Å². The second kappa shape index (κ2) is 4.69. The fraction of sp³-hybridized carbons (Fsp3) is 0.857. The van der Waals surface area contributed by atoms with E-state index in [1.807, 2.05) is 0 Å². The number of hydrogen-bond acceptors (Lipinski definition) is 5. The van der Waals surface area contributed by atoms with Crippen LogP contribution in [0, 0.1) is 0 Å². The third kappa shape index (κ3) is 2.66. The van der Waals surface area contributed by atoms with Gasteiger partial charge in [-0.2, -0.15) is 0 Å². The third-order valence-corrected chi connectivity index (χ3v) is 2.31. The molecule has 70 valence electrons. The van der Waals surface area contributed by atoms with E-state index in [2.05, 4.69) is 5.32 Å². The van der Waals surface area contributed by atoms with Crippen molar-refractivity contribution in [3.05, 3.63) is 0 Å². The van der Waals surface area contributed by atoms with E-state index in [1.54, 1.807) is 6.26 Å². The van der Waals surface area contributed by atoms with E-state index in [1.165, 1.54) is 0 Å². The van der Waals surface area contributed by atoms with Crippen molar-refractivity contribution in [1.29, 1.82) is 0 Å². The van der Waals surface area contributed by atoms with E-state index in [9.17, 15) is 4.79 Å². The zero-order valence-electron chi connectivity index (χ0n) is 7.08. The van der Waals surface area contributed by atoms with Gasteiger partial charge >= 0.3 is 5.30 Å². The summed E-state index contributed by atoms with van der Waals surface area (Å²) in [5.41, 5.74) is 5.73. The Bertz CT molecular complexity index is 165. The number of hydrogen-bond donors (Lipinski definition) is 2. The minimum absolute atomic E-state index is 0.0603. The molecule has 1 aliphatic heterocycles. The molecule has 1 fully saturated rings. The molecule has 0 aromatic rings. The van der Waals surface area contributed by atoms with Crippen LogP contribution in [0.2, 0.25) is 0 Å². The molecule has 0 aliphatic carbocycles. The van der Waals surface area contributed by atoms with Crippen LogP contribution in [0.5, 0.6) is 0 Å². The highest BCUT2D eigenvalue weighted by molar-refractivity contribution is 8.12. The lowest BCUT2D eigenvalue weighted by Gasteiger charge is -2.28. The zero-order chi connectivity index (χ0) is 8.97. The summed E-state index contributed by atoms with van der Waals surface area (Å²) in [7, 11) is 0. The number of carbonyl (C=O) groups is 1. The second-order valence-electron chi connectivity index (χ2n) is 2.77. The number of piperidine rings is 1. The first kappa shape index (κ1) is 9.83. The first-order chi connectivity index (χ1) is 5.74. The van der Waals surface area contributed by atoms with E-state index in [0.29, 0.717) is 0 Å². The van der Waals surface area contributed by atoms with Crippen molar-refractivity contribution in [3.8, 4) is 0 Å². The van der Waals surface area contributed by atoms with E-state index < -0.39 is 0 Å². The Morgan fingerprint density at radius 2 is 2.50 bits per heavy atom. The minimum Gasteiger partial charge on any atom is -0.453 e. The Morgan fingerprint density at radius 3 is 3.08 bits per heavy atom. The fourth-order valence-corrected chi connectivity index (χ4v) is 1.40. The van der Waals surface area contributed by atoms with Crippen LogP contribution in [-0.2, 0) is 4.74 Å². The largest absolute Gasteiger partial charge is 0.453 e. The Labute approximate surface area is 76.2 Å². The highest BCUT2D eigenvalue weighted by Crippen LogP contribution is 2.10. The van der Waals surface area contributed by atoms with Gasteiger partial charge in [0.05, 0.1) is 6.04 Å². The average molecular weight is 190 g/mol. The van der Waals surface area contributed by atoms with Crippen LogP contribution in [0.1, 0.15) is 6.42 Å². The second-order valence-corrected chi connectivity index (χ2v) is 3.51. The summed E-state index contributed by atoms with van der Waals surface area (Å²) in [5.74, 6) is 0. The van der Waals surface area contributed by atoms with E-state index in [0.717, 1.165) is 31.3 Å². The number of carbonyl (C=O) groups excluding carboxylic acids is 1. The molecule has 0 spiro atoms. The SMILES string of the molecule is CSC(=O)OC1CCNCC1N. The minimum atomic E-state index is -0.239. The van der Waals surface area contributed by atoms with Crippen LogP contribution in [0.15, 0.2) is 0 Å². The topological polar surface area (TPSA) is 64.3 Å². The molecule has 1 heterocycles. The van der Waals surface area contributed by atoms with Crippen molar-refractivity contribution < 1.29 is 9.53 Å². The smallest absolute Gasteiger partial charge is 0.367 e. The molecule has 0 bridgehead atoms. The molecular weight excluding hydrogens is 176 g/mol. The van der Waals surface area contributed by atoms with E-state index in [-0.39, 0.29) is 17.4 Å². The maximum Gasteiger partial charge on any atom is 0.367 e. The predicted molar refractivity (Wildman–Crippen MR) is 49.2 cm³/mol. The van der Waals surface area contributed by atoms with Gasteiger partial charge in [-0.25, -0.2) is 4.79 Å². The lowest BCUT2D eigenvalue weighted by molar-refractivity contribution is 0.0877. The van der Waals surface area contributed by atoms with Gasteiger partial charge in [0.15, 0.2) is 0 Å². The van der Waals surface area contributed by atoms with Crippen molar-refractivity contribution >= 4 is 17.1 Å². The van der Waals surface area contributed by atoms with Crippen LogP contribution in [0.3, 0.4) is 0 Å². The van der Waals surface area contributed by atoms with E-state index >= 15 is 0 Å². The van der Waals surface area contributed by atoms with Gasteiger partial charge in [-0.3, -0.25) is 0 Å². The summed E-state index contributed by atoms with van der Waals surface area (Å²) in [4.78, 5) is 10.9. The number of nitrogens with two attached hydrogens (primary N) is 1. The van der Waals surface area contributed by atoms with Gasteiger partial charge in [-0.15, -0.1) is 0 Å². The number of ether oxygens (including phenoxy) is 1. The summed E-state index contributed by atoms with van der Waals surface area (Å²) in [6.45, 7) is 1.60. The predicted octanol–water partition coefficient (Wildman–Crippen LogP) is 0.175. The summed E-state index contributed by atoms with van der Waals surface area (Å²) < 4.78 is 5.11. The molecule has 0 aromatic carbocycles. The Hall–Kier alpha value is -0.260. The molecule has 4 nitrogen and oxygen atoms in total. The Morgan fingerprint density at radius 1 is 1.75 bits per heavy atom. The first-order valence-corrected chi connectivity index (χ1v) is 5.17. The van der Waals surface area contributed by atoms with Crippen LogP contribution >= 0.6 is 11.8 Å². The Balaban J connectivity index is 2.33. The van der Waals surface area contributed by atoms with Gasteiger partial charge < -0.3 is 15.8 Å². The highest BCUT2D eigenvalue weighted by atomic mass is 32.2. The van der Waals surface area contributed by atoms with Gasteiger partial charge in [-0.05, 0) is 31.0 Å². The zero-order valence-corrected chi connectivity index (χ0v) is 7.89. The van der Waals surface area contributed by atoms with Crippen molar-refractivity contribution in [1.82, 2.24) is 5.32 Å². The molecule has 0 aromatic heterocycles. The molecule has 1 saturated heterocycles. The summed E-state index contributed by atoms with van der Waals surface area (Å²) in [6, 6.07) is -0.0603. The molecule has 2 atom stereocenters. The fourth-order valence-electron chi connectivity index (χ4n) is 1.18. The lowest BCUT2D eigenvalue weighted by Crippen LogP contribution is -2.50. The molecule has 0 radical (unpaired) electrons. The maximum atomic E-state index is 10.9. The third-order valence-electron chi connectivity index (χ3n) is 1.88. The summed E-state index contributed by atoms with van der Waals surface area (Å²) in [5, 5.41) is 2.89. The van der Waals surface area contributed by atoms with Crippen LogP contribution < -0.4 is 11.1 Å². The Kier molecular flexibility index (Phi) is 3.84. The number of nitrogens with one attached hydrogen (secondary N) is 1. The summed E-state index contributed by atoms with van der Waals surface area (Å²) >= 11 is 1.08. The normalized spacial score (nSPS) is 29.8. The van der Waals surface area contributed by atoms with Crippen LogP contribution in [0.25, 0.3) is 0 Å². The van der Waals surface area contributed by atoms with Gasteiger partial charge in [0, 0.05) is 6.54 Å². The van der Waals surface area contributed by atoms with Gasteiger partial charge in [0.1, 0.15) is 6.10 Å². The quantitative estimate of drug-likeness (QED) is 0.577. The monoisotopic (exact) mass is 190 g/mol. The van der Waals surface area contributed by atoms with Crippen LogP contribution in [0.4, 0.5) is 4.79 Å². The lowest BCUT2D eigenvalue weighted by atomic mass is 10.1. The molecule has 2 unspecified atom stereocenters. The molecule has 0 amide bonds. The van der Waals surface area contributed by atoms with Gasteiger partial charge in [-0.1, -0.05) is 0 Å². The van der Waals surface area contributed by atoms with Crippen molar-refractivity contribution in [2.75, 3.05) is 19.3 Å². The van der Waals surface area contributed by atoms with Crippen molar-refractivity contribution in [3.63, 3.8) is 0 Å². The molecule has 3 N–H and O–H groups in total. The average Bonchev–Trinajstić information content (AvgIpc) is 2.09. The molecule has 0 saturated carbocycles. The number of rotatable bonds is 1. The molecule has 1 rings (SSSR count). The first-order valence-electron chi connectivity index (χ1n) is 3.95. The van der Waals surface area contributed by atoms with Crippen LogP contribution in [-0.4, -0.2) is 36.8 Å². The van der Waals surface area contributed by atoms with Crippen molar-refractivity contribution in [2.24, 2.45) is 5.73 Å². The molecule has 12 heavy (non-hydrogen) atoms. The maximum absolute atomic E-state index is 10.9. The molecule has 1 aliphatic rings. The van der Waals surface area contributed by atoms with E-state index in [4.69, 9.17) is 10.5 Å². The van der Waals surface area contributed by atoms with Gasteiger partial charge in [0.25, 0.3) is 0 Å². The molecule has 5 heteroatoms. The summed E-state index contributed by atoms with van der Waals surface area (Å²) in [6.07, 6.45) is 2.41.